The number of anilines is 2. The molecule has 2 fully saturated rings. The van der Waals surface area contributed by atoms with Crippen LogP contribution in [0.15, 0.2) is 54.0 Å². The standard InChI is InChI=1S/C19H19N7O.ClH/c1-24-18(27)8-17(16-4-6-21-12-22-16)23-19(24)26-11-14-7-15(26)10-25(14)13-3-2-5-20-9-13;/h2-6,8-9,12,14-15H,7,10-11H2,1H3;1H/t14?,15-;/m0./s1. The number of halogens is 1. The van der Waals surface area contributed by atoms with Gasteiger partial charge < -0.3 is 9.80 Å². The number of hydrogen-bond donors (Lipinski definition) is 0. The van der Waals surface area contributed by atoms with Gasteiger partial charge >= 0.3 is 0 Å². The number of nitrogens with zero attached hydrogens (tertiary/aromatic N) is 7. The smallest absolute Gasteiger partial charge is 0.255 e. The van der Waals surface area contributed by atoms with Crippen molar-refractivity contribution in [1.29, 1.82) is 0 Å². The molecule has 5 heterocycles. The minimum atomic E-state index is -0.0829. The van der Waals surface area contributed by atoms with Crippen LogP contribution >= 0.6 is 12.4 Å². The van der Waals surface area contributed by atoms with Gasteiger partial charge in [-0.15, -0.1) is 12.4 Å². The lowest BCUT2D eigenvalue weighted by Gasteiger charge is -2.36. The van der Waals surface area contributed by atoms with Crippen molar-refractivity contribution in [1.82, 2.24) is 24.5 Å². The Morgan fingerprint density at radius 2 is 1.86 bits per heavy atom. The van der Waals surface area contributed by atoms with Crippen molar-refractivity contribution >= 4 is 24.0 Å². The minimum Gasteiger partial charge on any atom is -0.363 e. The third-order valence-electron chi connectivity index (χ3n) is 5.43. The van der Waals surface area contributed by atoms with Crippen molar-refractivity contribution in [2.24, 2.45) is 7.05 Å². The van der Waals surface area contributed by atoms with Gasteiger partial charge in [-0.3, -0.25) is 14.3 Å². The Labute approximate surface area is 168 Å². The summed E-state index contributed by atoms with van der Waals surface area (Å²) in [5.74, 6) is 0.703. The van der Waals surface area contributed by atoms with Gasteiger partial charge in [0.15, 0.2) is 0 Å². The van der Waals surface area contributed by atoms with Gasteiger partial charge in [0.25, 0.3) is 5.56 Å². The van der Waals surface area contributed by atoms with Crippen molar-refractivity contribution in [2.45, 2.75) is 18.5 Å². The van der Waals surface area contributed by atoms with Gasteiger partial charge in [0, 0.05) is 44.6 Å². The molecule has 2 saturated heterocycles. The summed E-state index contributed by atoms with van der Waals surface area (Å²) in [5.41, 5.74) is 2.31. The van der Waals surface area contributed by atoms with E-state index in [4.69, 9.17) is 4.98 Å². The Kier molecular flexibility index (Phi) is 4.72. The average molecular weight is 398 g/mol. The largest absolute Gasteiger partial charge is 0.363 e. The highest BCUT2D eigenvalue weighted by molar-refractivity contribution is 5.85. The fourth-order valence-electron chi connectivity index (χ4n) is 4.11. The molecule has 2 aliphatic heterocycles. The van der Waals surface area contributed by atoms with Gasteiger partial charge in [-0.2, -0.15) is 0 Å². The molecule has 5 rings (SSSR count). The molecule has 28 heavy (non-hydrogen) atoms. The van der Waals surface area contributed by atoms with Crippen LogP contribution in [0.1, 0.15) is 6.42 Å². The molecule has 1 unspecified atom stereocenters. The summed E-state index contributed by atoms with van der Waals surface area (Å²) in [7, 11) is 1.78. The summed E-state index contributed by atoms with van der Waals surface area (Å²) in [5, 5.41) is 0. The molecule has 144 valence electrons. The van der Waals surface area contributed by atoms with E-state index in [2.05, 4.69) is 30.8 Å². The Balaban J connectivity index is 0.00000192. The lowest BCUT2D eigenvalue weighted by molar-refractivity contribution is 0.614. The lowest BCUT2D eigenvalue weighted by atomic mass is 10.2. The summed E-state index contributed by atoms with van der Waals surface area (Å²) < 4.78 is 1.62. The molecule has 0 radical (unpaired) electrons. The van der Waals surface area contributed by atoms with Crippen LogP contribution in [0.4, 0.5) is 11.6 Å². The third kappa shape index (κ3) is 2.99. The highest BCUT2D eigenvalue weighted by Gasteiger charge is 2.44. The molecule has 3 aromatic heterocycles. The number of piperazine rings is 1. The van der Waals surface area contributed by atoms with Crippen LogP contribution in [-0.4, -0.2) is 49.7 Å². The van der Waals surface area contributed by atoms with Gasteiger partial charge in [-0.1, -0.05) is 0 Å². The Hall–Kier alpha value is -3.00. The normalized spacial score (nSPS) is 20.3. The summed E-state index contributed by atoms with van der Waals surface area (Å²) in [6.45, 7) is 1.75. The monoisotopic (exact) mass is 397 g/mol. The van der Waals surface area contributed by atoms with E-state index in [1.165, 1.54) is 12.4 Å². The molecule has 8 nitrogen and oxygen atoms in total. The maximum absolute atomic E-state index is 12.5. The molecule has 9 heteroatoms. The zero-order chi connectivity index (χ0) is 18.4. The summed E-state index contributed by atoms with van der Waals surface area (Å²) in [4.78, 5) is 34.3. The number of aromatic nitrogens is 5. The van der Waals surface area contributed by atoms with E-state index in [0.717, 1.165) is 25.2 Å². The number of hydrogen-bond acceptors (Lipinski definition) is 7. The Morgan fingerprint density at radius 3 is 2.54 bits per heavy atom. The van der Waals surface area contributed by atoms with Crippen molar-refractivity contribution < 1.29 is 0 Å². The Morgan fingerprint density at radius 1 is 1.04 bits per heavy atom. The predicted molar refractivity (Wildman–Crippen MR) is 109 cm³/mol. The molecule has 0 aromatic carbocycles. The van der Waals surface area contributed by atoms with Crippen LogP contribution in [0.3, 0.4) is 0 Å². The van der Waals surface area contributed by atoms with Crippen molar-refractivity contribution in [2.75, 3.05) is 22.9 Å². The molecule has 0 spiro atoms. The molecule has 2 aliphatic rings. The highest BCUT2D eigenvalue weighted by Crippen LogP contribution is 2.36. The van der Waals surface area contributed by atoms with Gasteiger partial charge in [0.05, 0.1) is 29.3 Å². The van der Waals surface area contributed by atoms with Gasteiger partial charge in [-0.25, -0.2) is 15.0 Å². The highest BCUT2D eigenvalue weighted by atomic mass is 35.5. The summed E-state index contributed by atoms with van der Waals surface area (Å²) in [6.07, 6.45) is 7.89. The maximum Gasteiger partial charge on any atom is 0.255 e. The third-order valence-corrected chi connectivity index (χ3v) is 5.43. The van der Waals surface area contributed by atoms with Crippen LogP contribution in [0, 0.1) is 0 Å². The van der Waals surface area contributed by atoms with E-state index in [1.807, 2.05) is 12.3 Å². The fourth-order valence-corrected chi connectivity index (χ4v) is 4.11. The van der Waals surface area contributed by atoms with Crippen LogP contribution in [0.2, 0.25) is 0 Å². The molecular weight excluding hydrogens is 378 g/mol. The molecule has 2 bridgehead atoms. The average Bonchev–Trinajstić information content (AvgIpc) is 3.32. The SMILES string of the molecule is Cl.Cn1c(N2CC3C[C@H]2CN3c2cccnc2)nc(-c2ccncn2)cc1=O. The molecular formula is C19H20ClN7O. The number of rotatable bonds is 3. The minimum absolute atomic E-state index is 0. The van der Waals surface area contributed by atoms with Crippen LogP contribution in [-0.2, 0) is 7.05 Å². The predicted octanol–water partition coefficient (Wildman–Crippen LogP) is 1.52. The molecule has 0 aliphatic carbocycles. The van der Waals surface area contributed by atoms with Crippen molar-refractivity contribution in [3.8, 4) is 11.4 Å². The van der Waals surface area contributed by atoms with Crippen LogP contribution < -0.4 is 15.4 Å². The first-order chi connectivity index (χ1) is 13.2. The quantitative estimate of drug-likeness (QED) is 0.662. The van der Waals surface area contributed by atoms with E-state index in [-0.39, 0.29) is 18.0 Å². The van der Waals surface area contributed by atoms with E-state index >= 15 is 0 Å². The van der Waals surface area contributed by atoms with Crippen molar-refractivity contribution in [3.63, 3.8) is 0 Å². The molecule has 2 atom stereocenters. The second kappa shape index (κ2) is 7.20. The van der Waals surface area contributed by atoms with Gasteiger partial charge in [0.1, 0.15) is 6.33 Å². The molecule has 0 amide bonds. The maximum atomic E-state index is 12.5. The zero-order valence-electron chi connectivity index (χ0n) is 15.3. The Bertz CT molecular complexity index is 1030. The zero-order valence-corrected chi connectivity index (χ0v) is 16.2. The van der Waals surface area contributed by atoms with Gasteiger partial charge in [0.2, 0.25) is 5.95 Å². The fraction of sp³-hybridized carbons (Fsp3) is 0.316. The van der Waals surface area contributed by atoms with Crippen LogP contribution in [0.5, 0.6) is 0 Å². The van der Waals surface area contributed by atoms with E-state index in [9.17, 15) is 4.79 Å². The number of fused-ring (bicyclic) bond motifs is 2. The number of pyridine rings is 1. The second-order valence-electron chi connectivity index (χ2n) is 6.99. The second-order valence-corrected chi connectivity index (χ2v) is 6.99. The molecule has 0 N–H and O–H groups in total. The molecule has 3 aromatic rings. The molecule has 0 saturated carbocycles. The van der Waals surface area contributed by atoms with Gasteiger partial charge in [-0.05, 0) is 24.6 Å². The first-order valence-electron chi connectivity index (χ1n) is 8.98. The first kappa shape index (κ1) is 18.4. The summed E-state index contributed by atoms with van der Waals surface area (Å²) >= 11 is 0. The lowest BCUT2D eigenvalue weighted by Crippen LogP contribution is -2.48. The van der Waals surface area contributed by atoms with Crippen LogP contribution in [0.25, 0.3) is 11.4 Å². The van der Waals surface area contributed by atoms with E-state index < -0.39 is 0 Å². The first-order valence-corrected chi connectivity index (χ1v) is 8.98. The van der Waals surface area contributed by atoms with E-state index in [0.29, 0.717) is 29.4 Å². The van der Waals surface area contributed by atoms with E-state index in [1.54, 1.807) is 30.1 Å². The topological polar surface area (TPSA) is 80.0 Å². The van der Waals surface area contributed by atoms with Crippen molar-refractivity contribution in [3.05, 3.63) is 59.5 Å². The summed E-state index contributed by atoms with van der Waals surface area (Å²) in [6, 6.07) is 8.10.